The van der Waals surface area contributed by atoms with Crippen molar-refractivity contribution in [3.8, 4) is 5.75 Å². The van der Waals surface area contributed by atoms with Gasteiger partial charge in [0.05, 0.1) is 12.0 Å². The van der Waals surface area contributed by atoms with Crippen molar-refractivity contribution in [2.75, 3.05) is 12.4 Å². The number of nitrogens with one attached hydrogen (secondary N) is 1. The summed E-state index contributed by atoms with van der Waals surface area (Å²) in [4.78, 5) is 14.4. The molecule has 0 fully saturated rings. The van der Waals surface area contributed by atoms with E-state index < -0.39 is 10.7 Å². The molecular formula is C13H12FN3O3. The van der Waals surface area contributed by atoms with Gasteiger partial charge in [0.25, 0.3) is 0 Å². The number of hydrogen-bond donors (Lipinski definition) is 1. The Morgan fingerprint density at radius 2 is 2.15 bits per heavy atom. The second kappa shape index (κ2) is 5.52. The second-order valence-corrected chi connectivity index (χ2v) is 4.09. The molecule has 0 saturated carbocycles. The fraction of sp³-hybridized carbons (Fsp3) is 0.154. The molecule has 20 heavy (non-hydrogen) atoms. The van der Waals surface area contributed by atoms with Gasteiger partial charge in [-0.3, -0.25) is 10.1 Å². The van der Waals surface area contributed by atoms with Crippen LogP contribution in [0.1, 0.15) is 5.56 Å². The first-order valence-corrected chi connectivity index (χ1v) is 5.73. The van der Waals surface area contributed by atoms with E-state index >= 15 is 0 Å². The van der Waals surface area contributed by atoms with Gasteiger partial charge < -0.3 is 10.1 Å². The maximum absolute atomic E-state index is 13.4. The minimum atomic E-state index is -0.527. The van der Waals surface area contributed by atoms with E-state index in [9.17, 15) is 14.5 Å². The molecule has 6 nitrogen and oxygen atoms in total. The van der Waals surface area contributed by atoms with Crippen LogP contribution in [0.5, 0.6) is 5.75 Å². The molecule has 1 aromatic carbocycles. The van der Waals surface area contributed by atoms with E-state index in [4.69, 9.17) is 4.74 Å². The lowest BCUT2D eigenvalue weighted by Gasteiger charge is -2.09. The Bertz CT molecular complexity index is 661. The Hall–Kier alpha value is -2.70. The van der Waals surface area contributed by atoms with E-state index in [1.807, 2.05) is 0 Å². The van der Waals surface area contributed by atoms with E-state index in [0.717, 1.165) is 0 Å². The third kappa shape index (κ3) is 2.82. The Kier molecular flexibility index (Phi) is 3.79. The number of ether oxygens (including phenoxy) is 1. The van der Waals surface area contributed by atoms with Crippen LogP contribution >= 0.6 is 0 Å². The van der Waals surface area contributed by atoms with Crippen molar-refractivity contribution in [2.45, 2.75) is 6.92 Å². The maximum Gasteiger partial charge on any atom is 0.314 e. The summed E-state index contributed by atoms with van der Waals surface area (Å²) in [5, 5.41) is 13.8. The van der Waals surface area contributed by atoms with Crippen molar-refractivity contribution >= 4 is 17.2 Å². The van der Waals surface area contributed by atoms with Crippen molar-refractivity contribution in [3.05, 3.63) is 52.0 Å². The predicted molar refractivity (Wildman–Crippen MR) is 71.9 cm³/mol. The van der Waals surface area contributed by atoms with Crippen LogP contribution in [0.2, 0.25) is 0 Å². The number of methoxy groups -OCH3 is 1. The second-order valence-electron chi connectivity index (χ2n) is 4.09. The molecule has 0 spiro atoms. The van der Waals surface area contributed by atoms with Crippen molar-refractivity contribution < 1.29 is 14.1 Å². The number of aromatic nitrogens is 1. The number of rotatable bonds is 4. The number of hydrogen-bond acceptors (Lipinski definition) is 5. The monoisotopic (exact) mass is 277 g/mol. The summed E-state index contributed by atoms with van der Waals surface area (Å²) in [5.74, 6) is -0.146. The summed E-state index contributed by atoms with van der Waals surface area (Å²) < 4.78 is 18.3. The standard InChI is InChI=1S/C13H12FN3O3/c1-8-3-4-15-13(12(8)17(18)19)16-10-5-9(14)6-11(7-10)20-2/h3-7H,1-2H3,(H,15,16). The lowest BCUT2D eigenvalue weighted by molar-refractivity contribution is -0.384. The van der Waals surface area contributed by atoms with Gasteiger partial charge in [-0.1, -0.05) is 0 Å². The first-order chi connectivity index (χ1) is 9.51. The molecule has 0 bridgehead atoms. The van der Waals surface area contributed by atoms with Crippen molar-refractivity contribution in [2.24, 2.45) is 0 Å². The van der Waals surface area contributed by atoms with Crippen LogP contribution in [0, 0.1) is 22.9 Å². The predicted octanol–water partition coefficient (Wildman–Crippen LogP) is 3.19. The normalized spacial score (nSPS) is 10.2. The molecule has 7 heteroatoms. The largest absolute Gasteiger partial charge is 0.497 e. The molecule has 1 aromatic heterocycles. The molecule has 2 rings (SSSR count). The lowest BCUT2D eigenvalue weighted by atomic mass is 10.2. The minimum absolute atomic E-state index is 0.0580. The number of halogens is 1. The highest BCUT2D eigenvalue weighted by Crippen LogP contribution is 2.30. The van der Waals surface area contributed by atoms with Crippen LogP contribution < -0.4 is 10.1 Å². The number of pyridine rings is 1. The van der Waals surface area contributed by atoms with Gasteiger partial charge in [0, 0.05) is 29.6 Å². The molecule has 0 saturated heterocycles. The van der Waals surface area contributed by atoms with E-state index in [0.29, 0.717) is 17.0 Å². The highest BCUT2D eigenvalue weighted by molar-refractivity contribution is 5.68. The quantitative estimate of drug-likeness (QED) is 0.686. The highest BCUT2D eigenvalue weighted by atomic mass is 19.1. The zero-order valence-corrected chi connectivity index (χ0v) is 10.9. The topological polar surface area (TPSA) is 77.3 Å². The minimum Gasteiger partial charge on any atom is -0.497 e. The first-order valence-electron chi connectivity index (χ1n) is 5.73. The van der Waals surface area contributed by atoms with Gasteiger partial charge in [0.15, 0.2) is 0 Å². The molecule has 0 unspecified atom stereocenters. The van der Waals surface area contributed by atoms with E-state index in [-0.39, 0.29) is 11.5 Å². The number of anilines is 2. The van der Waals surface area contributed by atoms with Crippen LogP contribution in [-0.4, -0.2) is 17.0 Å². The van der Waals surface area contributed by atoms with Gasteiger partial charge in [-0.15, -0.1) is 0 Å². The molecule has 1 heterocycles. The van der Waals surface area contributed by atoms with Gasteiger partial charge in [0.1, 0.15) is 11.6 Å². The van der Waals surface area contributed by atoms with Crippen LogP contribution in [-0.2, 0) is 0 Å². The Morgan fingerprint density at radius 3 is 2.80 bits per heavy atom. The Balaban J connectivity index is 2.42. The van der Waals surface area contributed by atoms with Crippen LogP contribution in [0.4, 0.5) is 21.6 Å². The van der Waals surface area contributed by atoms with Gasteiger partial charge in [-0.25, -0.2) is 9.37 Å². The summed E-state index contributed by atoms with van der Waals surface area (Å²) >= 11 is 0. The van der Waals surface area contributed by atoms with Gasteiger partial charge in [-0.2, -0.15) is 0 Å². The average molecular weight is 277 g/mol. The average Bonchev–Trinajstić information content (AvgIpc) is 2.37. The van der Waals surface area contributed by atoms with Crippen molar-refractivity contribution in [1.29, 1.82) is 0 Å². The fourth-order valence-corrected chi connectivity index (χ4v) is 1.76. The molecule has 0 aliphatic rings. The van der Waals surface area contributed by atoms with E-state index in [1.54, 1.807) is 6.92 Å². The van der Waals surface area contributed by atoms with E-state index in [2.05, 4.69) is 10.3 Å². The summed E-state index contributed by atoms with van der Waals surface area (Å²) in [7, 11) is 1.41. The summed E-state index contributed by atoms with van der Waals surface area (Å²) in [5.41, 5.74) is 0.648. The van der Waals surface area contributed by atoms with Gasteiger partial charge in [0.2, 0.25) is 5.82 Å². The molecule has 104 valence electrons. The fourth-order valence-electron chi connectivity index (χ4n) is 1.76. The van der Waals surface area contributed by atoms with Crippen LogP contribution in [0.25, 0.3) is 0 Å². The first kappa shape index (κ1) is 13.7. The van der Waals surface area contributed by atoms with Crippen LogP contribution in [0.3, 0.4) is 0 Å². The number of benzene rings is 1. The Morgan fingerprint density at radius 1 is 1.40 bits per heavy atom. The SMILES string of the molecule is COc1cc(F)cc(Nc2nccc(C)c2[N+](=O)[O-])c1. The summed E-state index contributed by atoms with van der Waals surface area (Å²) in [6.07, 6.45) is 1.45. The Labute approximate surface area is 114 Å². The molecular weight excluding hydrogens is 265 g/mol. The molecule has 0 aliphatic heterocycles. The molecule has 0 radical (unpaired) electrons. The third-order valence-electron chi connectivity index (χ3n) is 2.68. The molecule has 0 aliphatic carbocycles. The van der Waals surface area contributed by atoms with Crippen molar-refractivity contribution in [3.63, 3.8) is 0 Å². The summed E-state index contributed by atoms with van der Waals surface area (Å²) in [6, 6.07) is 5.48. The van der Waals surface area contributed by atoms with Gasteiger partial charge >= 0.3 is 5.69 Å². The number of nitro groups is 1. The molecule has 0 amide bonds. The zero-order valence-electron chi connectivity index (χ0n) is 10.9. The van der Waals surface area contributed by atoms with Crippen LogP contribution in [0.15, 0.2) is 30.5 Å². The van der Waals surface area contributed by atoms with Crippen molar-refractivity contribution in [1.82, 2.24) is 4.98 Å². The smallest absolute Gasteiger partial charge is 0.314 e. The number of aryl methyl sites for hydroxylation is 1. The molecule has 2 aromatic rings. The summed E-state index contributed by atoms with van der Waals surface area (Å²) in [6.45, 7) is 1.61. The number of nitrogens with zero attached hydrogens (tertiary/aromatic N) is 2. The third-order valence-corrected chi connectivity index (χ3v) is 2.68. The molecule has 0 atom stereocenters. The zero-order chi connectivity index (χ0) is 14.7. The maximum atomic E-state index is 13.4. The molecule has 1 N–H and O–H groups in total. The highest BCUT2D eigenvalue weighted by Gasteiger charge is 2.18. The lowest BCUT2D eigenvalue weighted by Crippen LogP contribution is -2.02. The van der Waals surface area contributed by atoms with E-state index in [1.165, 1.54) is 37.6 Å². The van der Waals surface area contributed by atoms with Gasteiger partial charge in [-0.05, 0) is 19.1 Å².